The second-order valence-electron chi connectivity index (χ2n) is 5.28. The molecule has 3 heteroatoms. The van der Waals surface area contributed by atoms with E-state index in [2.05, 4.69) is 43.4 Å². The molecule has 0 radical (unpaired) electrons. The first kappa shape index (κ1) is 16.2. The fourth-order valence-corrected chi connectivity index (χ4v) is 2.12. The fourth-order valence-electron chi connectivity index (χ4n) is 2.12. The zero-order chi connectivity index (χ0) is 14.1. The Kier molecular flexibility index (Phi) is 7.72. The van der Waals surface area contributed by atoms with E-state index in [1.165, 1.54) is 11.1 Å². The maximum Gasteiger partial charge on any atom is 0.0785 e. The van der Waals surface area contributed by atoms with Crippen LogP contribution in [0, 0.1) is 6.92 Å². The third-order valence-electron chi connectivity index (χ3n) is 3.28. The minimum Gasteiger partial charge on any atom is -0.391 e. The zero-order valence-electron chi connectivity index (χ0n) is 12.4. The van der Waals surface area contributed by atoms with Crippen LogP contribution >= 0.6 is 0 Å². The first-order valence-corrected chi connectivity index (χ1v) is 7.07. The predicted molar refractivity (Wildman–Crippen MR) is 79.5 cm³/mol. The van der Waals surface area contributed by atoms with Crippen LogP contribution in [0.1, 0.15) is 30.9 Å². The molecule has 0 spiro atoms. The highest BCUT2D eigenvalue weighted by Gasteiger charge is 2.05. The van der Waals surface area contributed by atoms with Crippen LogP contribution in [0.5, 0.6) is 0 Å². The van der Waals surface area contributed by atoms with Gasteiger partial charge in [-0.2, -0.15) is 0 Å². The average molecular weight is 265 g/mol. The first-order valence-electron chi connectivity index (χ1n) is 7.07. The number of aliphatic hydroxyl groups excluding tert-OH is 1. The number of nitrogens with one attached hydrogen (secondary N) is 1. The van der Waals surface area contributed by atoms with E-state index in [9.17, 15) is 5.11 Å². The molecule has 1 rings (SSSR count). The summed E-state index contributed by atoms with van der Waals surface area (Å²) in [5.74, 6) is 0. The Morgan fingerprint density at radius 3 is 2.79 bits per heavy atom. The van der Waals surface area contributed by atoms with Gasteiger partial charge in [-0.3, -0.25) is 0 Å². The molecule has 0 amide bonds. The van der Waals surface area contributed by atoms with Gasteiger partial charge in [-0.25, -0.2) is 0 Å². The molecule has 0 aliphatic heterocycles. The topological polar surface area (TPSA) is 41.5 Å². The molecule has 3 nitrogen and oxygen atoms in total. The lowest BCUT2D eigenvalue weighted by Gasteiger charge is -2.15. The molecule has 0 aliphatic rings. The van der Waals surface area contributed by atoms with Gasteiger partial charge in [-0.15, -0.1) is 0 Å². The maximum absolute atomic E-state index is 9.54. The summed E-state index contributed by atoms with van der Waals surface area (Å²) in [5.41, 5.74) is 2.72. The van der Waals surface area contributed by atoms with E-state index in [4.69, 9.17) is 4.74 Å². The van der Waals surface area contributed by atoms with Crippen LogP contribution in [0.25, 0.3) is 0 Å². The first-order chi connectivity index (χ1) is 9.11. The van der Waals surface area contributed by atoms with Crippen molar-refractivity contribution in [2.24, 2.45) is 0 Å². The second-order valence-corrected chi connectivity index (χ2v) is 5.28. The number of methoxy groups -OCH3 is 1. The lowest BCUT2D eigenvalue weighted by molar-refractivity contribution is 0.0590. The molecule has 2 unspecified atom stereocenters. The van der Waals surface area contributed by atoms with Crippen LogP contribution < -0.4 is 5.32 Å². The number of aliphatic hydroxyl groups is 1. The average Bonchev–Trinajstić information content (AvgIpc) is 2.37. The van der Waals surface area contributed by atoms with E-state index in [1.54, 1.807) is 7.11 Å². The highest BCUT2D eigenvalue weighted by Crippen LogP contribution is 2.08. The molecule has 1 aromatic rings. The maximum atomic E-state index is 9.54. The van der Waals surface area contributed by atoms with E-state index in [0.29, 0.717) is 12.6 Å². The van der Waals surface area contributed by atoms with E-state index in [1.807, 2.05) is 0 Å². The van der Waals surface area contributed by atoms with Crippen LogP contribution in [0.4, 0.5) is 0 Å². The van der Waals surface area contributed by atoms with Gasteiger partial charge >= 0.3 is 0 Å². The summed E-state index contributed by atoms with van der Waals surface area (Å²) in [4.78, 5) is 0. The number of hydrogen-bond donors (Lipinski definition) is 2. The number of benzene rings is 1. The Bertz CT molecular complexity index is 354. The van der Waals surface area contributed by atoms with Gasteiger partial charge in [-0.1, -0.05) is 29.8 Å². The monoisotopic (exact) mass is 265 g/mol. The molecule has 1 aromatic carbocycles. The number of ether oxygens (including phenoxy) is 1. The second kappa shape index (κ2) is 9.08. The molecule has 108 valence electrons. The zero-order valence-corrected chi connectivity index (χ0v) is 12.4. The molecule has 2 N–H and O–H groups in total. The largest absolute Gasteiger partial charge is 0.391 e. The predicted octanol–water partition coefficient (Wildman–Crippen LogP) is 2.30. The van der Waals surface area contributed by atoms with Gasteiger partial charge in [0.2, 0.25) is 0 Å². The van der Waals surface area contributed by atoms with Crippen molar-refractivity contribution < 1.29 is 9.84 Å². The molecule has 0 saturated heterocycles. The van der Waals surface area contributed by atoms with Crippen molar-refractivity contribution in [3.8, 4) is 0 Å². The standard InChI is InChI=1S/C16H27NO2/c1-13-5-4-6-15(11-13)8-7-14(2)17-10-9-16(18)12-19-3/h4-6,11,14,16-18H,7-10,12H2,1-3H3. The molecule has 0 heterocycles. The van der Waals surface area contributed by atoms with E-state index < -0.39 is 0 Å². The van der Waals surface area contributed by atoms with Crippen LogP contribution in [0.15, 0.2) is 24.3 Å². The number of aryl methyl sites for hydroxylation is 2. The molecular formula is C16H27NO2. The van der Waals surface area contributed by atoms with Gasteiger partial charge in [0.15, 0.2) is 0 Å². The third-order valence-corrected chi connectivity index (χ3v) is 3.28. The lowest BCUT2D eigenvalue weighted by atomic mass is 10.0. The summed E-state index contributed by atoms with van der Waals surface area (Å²) in [6.45, 7) is 5.57. The molecule has 0 aliphatic carbocycles. The van der Waals surface area contributed by atoms with Crippen molar-refractivity contribution in [2.75, 3.05) is 20.3 Å². The molecule has 0 bridgehead atoms. The van der Waals surface area contributed by atoms with Crippen molar-refractivity contribution in [3.63, 3.8) is 0 Å². The summed E-state index contributed by atoms with van der Waals surface area (Å²) in [6.07, 6.45) is 2.59. The third kappa shape index (κ3) is 7.31. The minimum atomic E-state index is -0.360. The molecule has 0 saturated carbocycles. The Morgan fingerprint density at radius 2 is 2.11 bits per heavy atom. The summed E-state index contributed by atoms with van der Waals surface area (Å²) in [5, 5.41) is 13.0. The Balaban J connectivity index is 2.16. The minimum absolute atomic E-state index is 0.360. The van der Waals surface area contributed by atoms with Crippen molar-refractivity contribution in [3.05, 3.63) is 35.4 Å². The normalized spacial score (nSPS) is 14.3. The van der Waals surface area contributed by atoms with Gasteiger partial charge in [-0.05, 0) is 45.2 Å². The van der Waals surface area contributed by atoms with Crippen molar-refractivity contribution in [2.45, 2.75) is 45.3 Å². The van der Waals surface area contributed by atoms with Crippen LogP contribution in [0.3, 0.4) is 0 Å². The van der Waals surface area contributed by atoms with Gasteiger partial charge in [0.25, 0.3) is 0 Å². The molecule has 2 atom stereocenters. The fraction of sp³-hybridized carbons (Fsp3) is 0.625. The van der Waals surface area contributed by atoms with Gasteiger partial charge in [0, 0.05) is 13.2 Å². The van der Waals surface area contributed by atoms with Crippen LogP contribution in [0.2, 0.25) is 0 Å². The quantitative estimate of drug-likeness (QED) is 0.720. The lowest BCUT2D eigenvalue weighted by Crippen LogP contribution is -2.30. The smallest absolute Gasteiger partial charge is 0.0785 e. The molecular weight excluding hydrogens is 238 g/mol. The summed E-state index contributed by atoms with van der Waals surface area (Å²) in [6, 6.07) is 9.14. The Hall–Kier alpha value is -0.900. The van der Waals surface area contributed by atoms with Crippen LogP contribution in [-0.4, -0.2) is 37.5 Å². The summed E-state index contributed by atoms with van der Waals surface area (Å²) < 4.78 is 4.90. The van der Waals surface area contributed by atoms with Gasteiger partial charge < -0.3 is 15.2 Å². The number of rotatable bonds is 9. The van der Waals surface area contributed by atoms with E-state index in [-0.39, 0.29) is 6.10 Å². The summed E-state index contributed by atoms with van der Waals surface area (Å²) >= 11 is 0. The van der Waals surface area contributed by atoms with Crippen molar-refractivity contribution >= 4 is 0 Å². The van der Waals surface area contributed by atoms with E-state index >= 15 is 0 Å². The van der Waals surface area contributed by atoms with Crippen molar-refractivity contribution in [1.82, 2.24) is 5.32 Å². The highest BCUT2D eigenvalue weighted by molar-refractivity contribution is 5.22. The summed E-state index contributed by atoms with van der Waals surface area (Å²) in [7, 11) is 1.61. The molecule has 0 aromatic heterocycles. The highest BCUT2D eigenvalue weighted by atomic mass is 16.5. The van der Waals surface area contributed by atoms with E-state index in [0.717, 1.165) is 25.8 Å². The number of hydrogen-bond acceptors (Lipinski definition) is 3. The SMILES string of the molecule is COCC(O)CCNC(C)CCc1cccc(C)c1. The molecule has 19 heavy (non-hydrogen) atoms. The molecule has 0 fully saturated rings. The Morgan fingerprint density at radius 1 is 1.32 bits per heavy atom. The van der Waals surface area contributed by atoms with Crippen molar-refractivity contribution in [1.29, 1.82) is 0 Å². The van der Waals surface area contributed by atoms with Crippen LogP contribution in [-0.2, 0) is 11.2 Å². The Labute approximate surface area is 117 Å². The van der Waals surface area contributed by atoms with Gasteiger partial charge in [0.05, 0.1) is 12.7 Å². The van der Waals surface area contributed by atoms with Gasteiger partial charge in [0.1, 0.15) is 0 Å².